The molecule has 172 valence electrons. The van der Waals surface area contributed by atoms with Gasteiger partial charge in [-0.2, -0.15) is 0 Å². The van der Waals surface area contributed by atoms with Gasteiger partial charge in [-0.3, -0.25) is 4.79 Å². The maximum atomic E-state index is 14.7. The number of likely N-dealkylation sites (tertiary alicyclic amines) is 1. The molecule has 1 aliphatic heterocycles. The van der Waals surface area contributed by atoms with Crippen LogP contribution >= 0.6 is 11.6 Å². The molecule has 2 aromatic rings. The third kappa shape index (κ3) is 5.12. The fraction of sp³-hybridized carbons (Fsp3) is 0.364. The van der Waals surface area contributed by atoms with E-state index in [2.05, 4.69) is 0 Å². The van der Waals surface area contributed by atoms with Crippen LogP contribution in [0.3, 0.4) is 0 Å². The zero-order valence-electron chi connectivity index (χ0n) is 17.6. The molecule has 3 rings (SSSR count). The van der Waals surface area contributed by atoms with E-state index in [0.717, 1.165) is 6.07 Å². The number of amides is 1. The molecule has 0 spiro atoms. The maximum Gasteiger partial charge on any atom is 0.335 e. The van der Waals surface area contributed by atoms with Gasteiger partial charge in [0.15, 0.2) is 13.6 Å². The van der Waals surface area contributed by atoms with Crippen LogP contribution in [-0.2, 0) is 9.47 Å². The second kappa shape index (κ2) is 10.6. The third-order valence-electron chi connectivity index (χ3n) is 5.05. The summed E-state index contributed by atoms with van der Waals surface area (Å²) in [4.78, 5) is 26.1. The van der Waals surface area contributed by atoms with Gasteiger partial charge in [0.1, 0.15) is 17.3 Å². The normalized spacial score (nSPS) is 15.6. The number of carbonyl (C=O) groups is 2. The lowest BCUT2D eigenvalue weighted by Crippen LogP contribution is -2.31. The van der Waals surface area contributed by atoms with Crippen LogP contribution in [0.25, 0.3) is 0 Å². The van der Waals surface area contributed by atoms with Gasteiger partial charge in [-0.15, -0.1) is 0 Å². The number of rotatable bonds is 9. The number of nitrogens with zero attached hydrogens (tertiary/aromatic N) is 1. The minimum absolute atomic E-state index is 0.0451. The molecular weight excluding hydrogens is 445 g/mol. The first-order valence-electron chi connectivity index (χ1n) is 9.78. The standard InChI is InChI=1S/C22H23ClFNO7/c1-29-11-31-19-10-20(32-12-30-2)16(23)9-15(19)21(26)25-7-3-4-18(25)14-6-5-13(22(27)28)8-17(14)24/h5-6,8-10,18H,3-4,7,11-12H2,1-2H3,(H,27,28). The largest absolute Gasteiger partial charge is 0.478 e. The Morgan fingerprint density at radius 2 is 1.81 bits per heavy atom. The Labute approximate surface area is 189 Å². The Morgan fingerprint density at radius 1 is 1.12 bits per heavy atom. The predicted octanol–water partition coefficient (Wildman–Crippen LogP) is 4.12. The van der Waals surface area contributed by atoms with Crippen molar-refractivity contribution in [3.05, 3.63) is 57.9 Å². The fourth-order valence-electron chi connectivity index (χ4n) is 3.59. The smallest absolute Gasteiger partial charge is 0.335 e. The Morgan fingerprint density at radius 3 is 2.44 bits per heavy atom. The van der Waals surface area contributed by atoms with Gasteiger partial charge in [-0.1, -0.05) is 17.7 Å². The topological polar surface area (TPSA) is 94.5 Å². The number of carbonyl (C=O) groups excluding carboxylic acids is 1. The lowest BCUT2D eigenvalue weighted by Gasteiger charge is -2.26. The van der Waals surface area contributed by atoms with Gasteiger partial charge < -0.3 is 29.0 Å². The van der Waals surface area contributed by atoms with Crippen molar-refractivity contribution < 1.29 is 38.0 Å². The van der Waals surface area contributed by atoms with E-state index in [-0.39, 0.29) is 46.8 Å². The van der Waals surface area contributed by atoms with Gasteiger partial charge in [0.05, 0.1) is 22.2 Å². The highest BCUT2D eigenvalue weighted by Crippen LogP contribution is 2.38. The van der Waals surface area contributed by atoms with Crippen LogP contribution in [0.15, 0.2) is 30.3 Å². The molecule has 0 radical (unpaired) electrons. The summed E-state index contributed by atoms with van der Waals surface area (Å²) in [5.41, 5.74) is 0.272. The molecule has 10 heteroatoms. The number of hydrogen-bond acceptors (Lipinski definition) is 6. The number of methoxy groups -OCH3 is 2. The van der Waals surface area contributed by atoms with E-state index in [4.69, 9.17) is 35.7 Å². The molecule has 8 nitrogen and oxygen atoms in total. The summed E-state index contributed by atoms with van der Waals surface area (Å²) in [5, 5.41) is 9.26. The molecular formula is C22H23ClFNO7. The molecule has 2 aromatic carbocycles. The number of carboxylic acids is 1. The van der Waals surface area contributed by atoms with E-state index < -0.39 is 23.7 Å². The highest BCUT2D eigenvalue weighted by Gasteiger charge is 2.34. The molecule has 32 heavy (non-hydrogen) atoms. The zero-order valence-corrected chi connectivity index (χ0v) is 18.4. The molecule has 1 N–H and O–H groups in total. The van der Waals surface area contributed by atoms with Gasteiger partial charge in [0.2, 0.25) is 0 Å². The van der Waals surface area contributed by atoms with Gasteiger partial charge in [0, 0.05) is 32.4 Å². The molecule has 1 amide bonds. The number of carboxylic acid groups (broad SMARTS) is 1. The quantitative estimate of drug-likeness (QED) is 0.554. The molecule has 0 saturated carbocycles. The van der Waals surface area contributed by atoms with Crippen molar-refractivity contribution in [2.75, 3.05) is 34.4 Å². The summed E-state index contributed by atoms with van der Waals surface area (Å²) in [5.74, 6) is -1.84. The molecule has 0 bridgehead atoms. The lowest BCUT2D eigenvalue weighted by atomic mass is 10.0. The monoisotopic (exact) mass is 467 g/mol. The highest BCUT2D eigenvalue weighted by atomic mass is 35.5. The molecule has 0 aromatic heterocycles. The van der Waals surface area contributed by atoms with Crippen molar-refractivity contribution in [3.8, 4) is 11.5 Å². The molecule has 0 aliphatic carbocycles. The molecule has 1 saturated heterocycles. The van der Waals surface area contributed by atoms with E-state index >= 15 is 0 Å². The average Bonchev–Trinajstić information content (AvgIpc) is 3.26. The van der Waals surface area contributed by atoms with Crippen molar-refractivity contribution in [3.63, 3.8) is 0 Å². The number of ether oxygens (including phenoxy) is 4. The van der Waals surface area contributed by atoms with Crippen LogP contribution in [0.5, 0.6) is 11.5 Å². The summed E-state index contributed by atoms with van der Waals surface area (Å²) in [6.07, 6.45) is 1.19. The lowest BCUT2D eigenvalue weighted by molar-refractivity contribution is 0.0448. The van der Waals surface area contributed by atoms with Gasteiger partial charge >= 0.3 is 5.97 Å². The average molecular weight is 468 g/mol. The molecule has 1 aliphatic rings. The molecule has 1 fully saturated rings. The van der Waals surface area contributed by atoms with Crippen molar-refractivity contribution in [1.29, 1.82) is 0 Å². The molecule has 1 atom stereocenters. The van der Waals surface area contributed by atoms with Gasteiger partial charge in [-0.05, 0) is 31.0 Å². The van der Waals surface area contributed by atoms with Crippen LogP contribution in [0.1, 0.15) is 45.2 Å². The first-order valence-corrected chi connectivity index (χ1v) is 10.2. The van der Waals surface area contributed by atoms with Crippen LogP contribution in [0, 0.1) is 5.82 Å². The number of aromatic carboxylic acids is 1. The first kappa shape index (κ1) is 23.8. The van der Waals surface area contributed by atoms with E-state index in [1.54, 1.807) is 0 Å². The third-order valence-corrected chi connectivity index (χ3v) is 5.34. The summed E-state index contributed by atoms with van der Waals surface area (Å²) in [7, 11) is 2.91. The molecule has 1 unspecified atom stereocenters. The van der Waals surface area contributed by atoms with E-state index in [1.807, 2.05) is 0 Å². The van der Waals surface area contributed by atoms with Crippen molar-refractivity contribution in [2.45, 2.75) is 18.9 Å². The van der Waals surface area contributed by atoms with Crippen LogP contribution in [0.4, 0.5) is 4.39 Å². The second-order valence-electron chi connectivity index (χ2n) is 7.08. The minimum atomic E-state index is -1.22. The Kier molecular flexibility index (Phi) is 7.89. The summed E-state index contributed by atoms with van der Waals surface area (Å²) < 4.78 is 35.5. The number of hydrogen-bond donors (Lipinski definition) is 1. The number of benzene rings is 2. The van der Waals surface area contributed by atoms with E-state index in [1.165, 1.54) is 43.4 Å². The Balaban J connectivity index is 1.94. The van der Waals surface area contributed by atoms with Gasteiger partial charge in [-0.25, -0.2) is 9.18 Å². The Hall–Kier alpha value is -2.88. The SMILES string of the molecule is COCOc1cc(OCOC)c(C(=O)N2CCCC2c2ccc(C(=O)O)cc2F)cc1Cl. The summed E-state index contributed by atoms with van der Waals surface area (Å²) in [6, 6.07) is 6.05. The summed E-state index contributed by atoms with van der Waals surface area (Å²) >= 11 is 6.29. The van der Waals surface area contributed by atoms with E-state index in [9.17, 15) is 14.0 Å². The van der Waals surface area contributed by atoms with Crippen molar-refractivity contribution in [1.82, 2.24) is 4.90 Å². The molecule has 1 heterocycles. The second-order valence-corrected chi connectivity index (χ2v) is 7.49. The van der Waals surface area contributed by atoms with Gasteiger partial charge in [0.25, 0.3) is 5.91 Å². The van der Waals surface area contributed by atoms with Crippen LogP contribution < -0.4 is 9.47 Å². The van der Waals surface area contributed by atoms with Crippen molar-refractivity contribution in [2.24, 2.45) is 0 Å². The zero-order chi connectivity index (χ0) is 23.3. The highest BCUT2D eigenvalue weighted by molar-refractivity contribution is 6.32. The maximum absolute atomic E-state index is 14.7. The minimum Gasteiger partial charge on any atom is -0.478 e. The van der Waals surface area contributed by atoms with E-state index in [0.29, 0.717) is 19.4 Å². The fourth-order valence-corrected chi connectivity index (χ4v) is 3.81. The van der Waals surface area contributed by atoms with Crippen molar-refractivity contribution >= 4 is 23.5 Å². The first-order chi connectivity index (χ1) is 15.4. The van der Waals surface area contributed by atoms with Crippen LogP contribution in [-0.4, -0.2) is 56.2 Å². The Bertz CT molecular complexity index is 1000. The predicted molar refractivity (Wildman–Crippen MR) is 113 cm³/mol. The van der Waals surface area contributed by atoms with Crippen LogP contribution in [0.2, 0.25) is 5.02 Å². The number of halogens is 2. The summed E-state index contributed by atoms with van der Waals surface area (Å²) in [6.45, 7) is 0.240.